The molecule has 0 aliphatic carbocycles. The first-order valence-corrected chi connectivity index (χ1v) is 5.56. The zero-order chi connectivity index (χ0) is 14.3. The zero-order valence-corrected chi connectivity index (χ0v) is 11.1. The third kappa shape index (κ3) is 2.46. The van der Waals surface area contributed by atoms with Crippen LogP contribution in [0.15, 0.2) is 31.7 Å². The first kappa shape index (κ1) is 14.6. The van der Waals surface area contributed by atoms with Crippen molar-refractivity contribution in [2.24, 2.45) is 9.98 Å². The lowest BCUT2D eigenvalue weighted by Gasteiger charge is -2.07. The highest BCUT2D eigenvalue weighted by Crippen LogP contribution is 2.30. The number of rotatable bonds is 2. The fourth-order valence-electron chi connectivity index (χ4n) is 1.99. The third-order valence-electron chi connectivity index (χ3n) is 2.91. The molecule has 108 valence electrons. The Morgan fingerprint density at radius 1 is 1.14 bits per heavy atom. The van der Waals surface area contributed by atoms with Gasteiger partial charge in [0, 0.05) is 12.3 Å². The van der Waals surface area contributed by atoms with Gasteiger partial charge in [-0.1, -0.05) is 0 Å². The molecule has 0 bridgehead atoms. The Labute approximate surface area is 122 Å². The number of nitrogens with zero attached hydrogens (tertiary/aromatic N) is 3. The number of fused-ring (bicyclic) bond motifs is 1. The maximum Gasteiger partial charge on any atom is 0.314 e. The lowest BCUT2D eigenvalue weighted by atomic mass is 10.1. The van der Waals surface area contributed by atoms with Gasteiger partial charge in [-0.25, -0.2) is 4.99 Å². The summed E-state index contributed by atoms with van der Waals surface area (Å²) in [7, 11) is 0. The van der Waals surface area contributed by atoms with Crippen LogP contribution in [0, 0.1) is 10.1 Å². The number of nitrogens with one attached hydrogen (secondary N) is 2. The number of hydrogen-bond acceptors (Lipinski definition) is 6. The average molecular weight is 310 g/mol. The molecular formula is C11H8ClN5O4. The van der Waals surface area contributed by atoms with Crippen LogP contribution in [0.3, 0.4) is 0 Å². The molecule has 1 aromatic carbocycles. The van der Waals surface area contributed by atoms with Crippen molar-refractivity contribution in [3.8, 4) is 0 Å². The van der Waals surface area contributed by atoms with E-state index in [0.717, 1.165) is 0 Å². The van der Waals surface area contributed by atoms with Gasteiger partial charge < -0.3 is 9.97 Å². The van der Waals surface area contributed by atoms with Crippen LogP contribution in [0.1, 0.15) is 11.6 Å². The van der Waals surface area contributed by atoms with Crippen molar-refractivity contribution in [2.45, 2.75) is 6.04 Å². The van der Waals surface area contributed by atoms with Gasteiger partial charge in [0.05, 0.1) is 21.5 Å². The summed E-state index contributed by atoms with van der Waals surface area (Å²) in [5.74, 6) is 0. The number of aliphatic imine (C=N–C) groups is 2. The molecule has 2 N–H and O–H groups in total. The number of halogens is 1. The molecule has 1 aliphatic rings. The van der Waals surface area contributed by atoms with E-state index in [4.69, 9.17) is 0 Å². The summed E-state index contributed by atoms with van der Waals surface area (Å²) >= 11 is 0. The van der Waals surface area contributed by atoms with Crippen LogP contribution in [0.25, 0.3) is 11.0 Å². The molecule has 9 nitrogen and oxygen atoms in total. The summed E-state index contributed by atoms with van der Waals surface area (Å²) in [6, 6.07) is 2.05. The molecule has 2 aromatic rings. The van der Waals surface area contributed by atoms with Crippen molar-refractivity contribution < 1.29 is 4.92 Å². The second kappa shape index (κ2) is 5.29. The Morgan fingerprint density at radius 3 is 2.29 bits per heavy atom. The molecule has 1 atom stereocenters. The van der Waals surface area contributed by atoms with Gasteiger partial charge in [-0.05, 0) is 6.07 Å². The quantitative estimate of drug-likeness (QED) is 0.479. The zero-order valence-electron chi connectivity index (χ0n) is 10.3. The molecule has 21 heavy (non-hydrogen) atoms. The molecule has 0 spiro atoms. The van der Waals surface area contributed by atoms with Gasteiger partial charge >= 0.3 is 11.1 Å². The molecule has 1 aliphatic heterocycles. The van der Waals surface area contributed by atoms with Crippen molar-refractivity contribution in [1.82, 2.24) is 9.97 Å². The van der Waals surface area contributed by atoms with Crippen LogP contribution in [0.5, 0.6) is 0 Å². The molecule has 1 aromatic heterocycles. The minimum Gasteiger partial charge on any atom is -0.316 e. The molecular weight excluding hydrogens is 302 g/mol. The highest BCUT2D eigenvalue weighted by atomic mass is 35.5. The first-order chi connectivity index (χ1) is 9.56. The molecule has 0 radical (unpaired) electrons. The van der Waals surface area contributed by atoms with Crippen molar-refractivity contribution in [3.05, 3.63) is 48.5 Å². The second-order valence-electron chi connectivity index (χ2n) is 4.13. The SMILES string of the molecule is Cl.O=c1[nH]c2cc(C3C=NC=N3)c([N+](=O)[O-])cc2[nH]c1=O. The van der Waals surface area contributed by atoms with Gasteiger partial charge in [-0.3, -0.25) is 24.7 Å². The van der Waals surface area contributed by atoms with Gasteiger partial charge in [0.15, 0.2) is 0 Å². The fraction of sp³-hybridized carbons (Fsp3) is 0.0909. The summed E-state index contributed by atoms with van der Waals surface area (Å²) in [6.07, 6.45) is 2.76. The number of hydrogen-bond donors (Lipinski definition) is 2. The van der Waals surface area contributed by atoms with Crippen molar-refractivity contribution in [1.29, 1.82) is 0 Å². The highest BCUT2D eigenvalue weighted by Gasteiger charge is 2.23. The standard InChI is InChI=1S/C11H7N5O4.ClH/c17-10-11(18)15-7-2-9(16(19)20)5(1-6(7)14-10)8-3-12-4-13-8;/h1-4,8H,(H,14,17)(H,15,18);1H. The lowest BCUT2D eigenvalue weighted by Crippen LogP contribution is -2.29. The largest absolute Gasteiger partial charge is 0.316 e. The Bertz CT molecular complexity index is 886. The summed E-state index contributed by atoms with van der Waals surface area (Å²) in [4.78, 5) is 45.5. The molecule has 0 saturated carbocycles. The van der Waals surface area contributed by atoms with Gasteiger partial charge in [0.1, 0.15) is 12.4 Å². The summed E-state index contributed by atoms with van der Waals surface area (Å²) in [5.41, 5.74) is -1.10. The second-order valence-corrected chi connectivity index (χ2v) is 4.13. The Kier molecular flexibility index (Phi) is 3.68. The first-order valence-electron chi connectivity index (χ1n) is 5.56. The van der Waals surface area contributed by atoms with Crippen LogP contribution >= 0.6 is 12.4 Å². The molecule has 1 unspecified atom stereocenters. The highest BCUT2D eigenvalue weighted by molar-refractivity contribution is 5.87. The predicted octanol–water partition coefficient (Wildman–Crippen LogP) is 0.700. The maximum atomic E-state index is 11.3. The van der Waals surface area contributed by atoms with E-state index in [9.17, 15) is 19.7 Å². The summed E-state index contributed by atoms with van der Waals surface area (Å²) < 4.78 is 0. The van der Waals surface area contributed by atoms with Crippen molar-refractivity contribution in [3.63, 3.8) is 0 Å². The third-order valence-corrected chi connectivity index (χ3v) is 2.91. The predicted molar refractivity (Wildman–Crippen MR) is 78.8 cm³/mol. The van der Waals surface area contributed by atoms with E-state index in [0.29, 0.717) is 11.1 Å². The molecule has 0 saturated heterocycles. The Morgan fingerprint density at radius 2 is 1.76 bits per heavy atom. The van der Waals surface area contributed by atoms with Crippen LogP contribution in [-0.2, 0) is 0 Å². The normalized spacial score (nSPS) is 16.1. The van der Waals surface area contributed by atoms with Crippen LogP contribution in [0.2, 0.25) is 0 Å². The Hall–Kier alpha value is -2.81. The topological polar surface area (TPSA) is 134 Å². The van der Waals surface area contributed by atoms with Gasteiger partial charge in [-0.2, -0.15) is 0 Å². The van der Waals surface area contributed by atoms with E-state index in [1.807, 2.05) is 0 Å². The lowest BCUT2D eigenvalue weighted by molar-refractivity contribution is -0.385. The number of nitro benzene ring substituents is 1. The summed E-state index contributed by atoms with van der Waals surface area (Å²) in [6.45, 7) is 0. The van der Waals surface area contributed by atoms with E-state index >= 15 is 0 Å². The van der Waals surface area contributed by atoms with E-state index in [2.05, 4.69) is 20.0 Å². The van der Waals surface area contributed by atoms with Crippen LogP contribution in [0.4, 0.5) is 5.69 Å². The molecule has 10 heteroatoms. The van der Waals surface area contributed by atoms with Crippen molar-refractivity contribution in [2.75, 3.05) is 0 Å². The number of nitro groups is 1. The monoisotopic (exact) mass is 309 g/mol. The van der Waals surface area contributed by atoms with E-state index in [1.54, 1.807) is 0 Å². The molecule has 3 rings (SSSR count). The summed E-state index contributed by atoms with van der Waals surface area (Å²) in [5, 5.41) is 11.1. The molecule has 2 heterocycles. The number of H-pyrrole nitrogens is 2. The van der Waals surface area contributed by atoms with Crippen LogP contribution < -0.4 is 11.1 Å². The fourth-order valence-corrected chi connectivity index (χ4v) is 1.99. The van der Waals surface area contributed by atoms with E-state index in [-0.39, 0.29) is 23.6 Å². The van der Waals surface area contributed by atoms with Gasteiger partial charge in [-0.15, -0.1) is 12.4 Å². The molecule has 0 amide bonds. The number of aromatic nitrogens is 2. The minimum atomic E-state index is -0.861. The van der Waals surface area contributed by atoms with Crippen LogP contribution in [-0.4, -0.2) is 27.4 Å². The van der Waals surface area contributed by atoms with E-state index < -0.39 is 22.1 Å². The maximum absolute atomic E-state index is 11.3. The molecule has 0 fully saturated rings. The number of benzene rings is 1. The smallest absolute Gasteiger partial charge is 0.314 e. The van der Waals surface area contributed by atoms with E-state index in [1.165, 1.54) is 24.7 Å². The average Bonchev–Trinajstić information content (AvgIpc) is 2.92. The van der Waals surface area contributed by atoms with Gasteiger partial charge in [0.25, 0.3) is 5.69 Å². The van der Waals surface area contributed by atoms with Crippen molar-refractivity contribution >= 4 is 41.7 Å². The number of aromatic amines is 2. The Balaban J connectivity index is 0.00000161. The van der Waals surface area contributed by atoms with Gasteiger partial charge in [0.2, 0.25) is 0 Å². The minimum absolute atomic E-state index is 0.